The van der Waals surface area contributed by atoms with Crippen LogP contribution in [0, 0.1) is 0 Å². The van der Waals surface area contributed by atoms with Gasteiger partial charge in [-0.25, -0.2) is 4.98 Å². The maximum atomic E-state index is 11.7. The van der Waals surface area contributed by atoms with Crippen LogP contribution in [-0.4, -0.2) is 10.9 Å². The van der Waals surface area contributed by atoms with Gasteiger partial charge in [0.2, 0.25) is 5.91 Å². The third kappa shape index (κ3) is 3.90. The van der Waals surface area contributed by atoms with E-state index >= 15 is 0 Å². The molecule has 0 aliphatic heterocycles. The van der Waals surface area contributed by atoms with Gasteiger partial charge in [0.15, 0.2) is 11.5 Å². The molecule has 0 aliphatic carbocycles. The normalized spacial score (nSPS) is 10.9. The molecule has 0 unspecified atom stereocenters. The van der Waals surface area contributed by atoms with E-state index in [1.54, 1.807) is 0 Å². The van der Waals surface area contributed by atoms with Crippen LogP contribution in [0.15, 0.2) is 46.9 Å². The van der Waals surface area contributed by atoms with Crippen molar-refractivity contribution in [2.75, 3.05) is 5.32 Å². The van der Waals surface area contributed by atoms with Crippen LogP contribution in [-0.2, 0) is 11.2 Å². The molecule has 1 amide bonds. The summed E-state index contributed by atoms with van der Waals surface area (Å²) in [5.74, 6) is 0.649. The Hall–Kier alpha value is -2.33. The summed E-state index contributed by atoms with van der Waals surface area (Å²) in [6.45, 7) is 1.98. The molecule has 118 valence electrons. The van der Waals surface area contributed by atoms with E-state index in [4.69, 9.17) is 16.0 Å². The van der Waals surface area contributed by atoms with Crippen molar-refractivity contribution in [3.8, 4) is 0 Å². The lowest BCUT2D eigenvalue weighted by Crippen LogP contribution is -2.10. The van der Waals surface area contributed by atoms with Crippen LogP contribution >= 0.6 is 11.6 Å². The fraction of sp³-hybridized carbons (Fsp3) is 0.222. The molecule has 3 rings (SSSR count). The lowest BCUT2D eigenvalue weighted by atomic mass is 10.1. The molecule has 1 N–H and O–H groups in total. The topological polar surface area (TPSA) is 55.1 Å². The Morgan fingerprint density at radius 2 is 2.00 bits per heavy atom. The zero-order chi connectivity index (χ0) is 16.2. The van der Waals surface area contributed by atoms with E-state index in [9.17, 15) is 4.79 Å². The van der Waals surface area contributed by atoms with Gasteiger partial charge in [0.1, 0.15) is 5.52 Å². The summed E-state index contributed by atoms with van der Waals surface area (Å²) in [5, 5.41) is 3.57. The average molecular weight is 329 g/mol. The van der Waals surface area contributed by atoms with Crippen LogP contribution in [0.2, 0.25) is 5.02 Å². The fourth-order valence-electron chi connectivity index (χ4n) is 2.36. The first kappa shape index (κ1) is 15.6. The highest BCUT2D eigenvalue weighted by Gasteiger charge is 2.09. The van der Waals surface area contributed by atoms with Crippen LogP contribution in [0.25, 0.3) is 11.1 Å². The number of hydrogen-bond acceptors (Lipinski definition) is 3. The summed E-state index contributed by atoms with van der Waals surface area (Å²) < 4.78 is 5.75. The number of aromatic nitrogens is 1. The van der Waals surface area contributed by atoms with Gasteiger partial charge in [-0.3, -0.25) is 4.79 Å². The number of halogens is 1. The first-order valence-corrected chi connectivity index (χ1v) is 7.95. The van der Waals surface area contributed by atoms with Crippen LogP contribution in [0.4, 0.5) is 5.69 Å². The van der Waals surface area contributed by atoms with Crippen molar-refractivity contribution in [3.05, 3.63) is 58.9 Å². The highest BCUT2D eigenvalue weighted by Crippen LogP contribution is 2.22. The van der Waals surface area contributed by atoms with Crippen molar-refractivity contribution in [2.24, 2.45) is 0 Å². The van der Waals surface area contributed by atoms with Gasteiger partial charge in [-0.05, 0) is 42.3 Å². The van der Waals surface area contributed by atoms with E-state index in [-0.39, 0.29) is 5.91 Å². The SMILES string of the molecule is CCCC(=O)Nc1ccc2oc(Cc3ccc(Cl)cc3)nc2c1. The third-order valence-corrected chi connectivity index (χ3v) is 3.71. The number of anilines is 1. The van der Waals surface area contributed by atoms with Crippen molar-refractivity contribution in [1.82, 2.24) is 4.98 Å². The number of carbonyl (C=O) groups excluding carboxylic acids is 1. The molecule has 0 aliphatic rings. The molecule has 0 saturated heterocycles. The molecule has 1 aromatic heterocycles. The summed E-state index contributed by atoms with van der Waals surface area (Å²) >= 11 is 5.89. The maximum absolute atomic E-state index is 11.7. The molecule has 3 aromatic rings. The zero-order valence-corrected chi connectivity index (χ0v) is 13.6. The average Bonchev–Trinajstić information content (AvgIpc) is 2.91. The molecule has 5 heteroatoms. The highest BCUT2D eigenvalue weighted by atomic mass is 35.5. The number of amides is 1. The molecular formula is C18H17ClN2O2. The summed E-state index contributed by atoms with van der Waals surface area (Å²) in [6, 6.07) is 13.1. The number of carbonyl (C=O) groups is 1. The Morgan fingerprint density at radius 1 is 1.22 bits per heavy atom. The predicted octanol–water partition coefficient (Wildman–Crippen LogP) is 4.81. The summed E-state index contributed by atoms with van der Waals surface area (Å²) in [7, 11) is 0. The van der Waals surface area contributed by atoms with E-state index in [1.807, 2.05) is 49.4 Å². The van der Waals surface area contributed by atoms with Crippen molar-refractivity contribution in [1.29, 1.82) is 0 Å². The third-order valence-electron chi connectivity index (χ3n) is 3.46. The van der Waals surface area contributed by atoms with Gasteiger partial charge in [0.25, 0.3) is 0 Å². The number of rotatable bonds is 5. The number of nitrogens with zero attached hydrogens (tertiary/aromatic N) is 1. The standard InChI is InChI=1S/C18H17ClN2O2/c1-2-3-17(22)20-14-8-9-16-15(11-14)21-18(23-16)10-12-4-6-13(19)7-5-12/h4-9,11H,2-3,10H2,1H3,(H,20,22). The molecule has 2 aromatic carbocycles. The first-order valence-electron chi connectivity index (χ1n) is 7.58. The van der Waals surface area contributed by atoms with Gasteiger partial charge < -0.3 is 9.73 Å². The summed E-state index contributed by atoms with van der Waals surface area (Å²) in [6.07, 6.45) is 1.94. The van der Waals surface area contributed by atoms with Gasteiger partial charge in [-0.1, -0.05) is 30.7 Å². The lowest BCUT2D eigenvalue weighted by Gasteiger charge is -2.02. The van der Waals surface area contributed by atoms with E-state index in [2.05, 4.69) is 10.3 Å². The molecule has 23 heavy (non-hydrogen) atoms. The molecule has 0 bridgehead atoms. The number of benzene rings is 2. The molecule has 0 spiro atoms. The number of fused-ring (bicyclic) bond motifs is 1. The van der Waals surface area contributed by atoms with Crippen molar-refractivity contribution in [3.63, 3.8) is 0 Å². The van der Waals surface area contributed by atoms with E-state index in [0.29, 0.717) is 29.3 Å². The van der Waals surface area contributed by atoms with Gasteiger partial charge in [-0.15, -0.1) is 0 Å². The van der Waals surface area contributed by atoms with Crippen LogP contribution < -0.4 is 5.32 Å². The monoisotopic (exact) mass is 328 g/mol. The Kier molecular flexibility index (Phi) is 4.63. The number of hydrogen-bond donors (Lipinski definition) is 1. The van der Waals surface area contributed by atoms with Gasteiger partial charge >= 0.3 is 0 Å². The summed E-state index contributed by atoms with van der Waals surface area (Å²) in [4.78, 5) is 16.2. The van der Waals surface area contributed by atoms with Crippen LogP contribution in [0.5, 0.6) is 0 Å². The second kappa shape index (κ2) is 6.84. The fourth-order valence-corrected chi connectivity index (χ4v) is 2.48. The minimum Gasteiger partial charge on any atom is -0.440 e. The predicted molar refractivity (Wildman–Crippen MR) is 91.8 cm³/mol. The number of nitrogens with one attached hydrogen (secondary N) is 1. The second-order valence-electron chi connectivity index (χ2n) is 5.39. The lowest BCUT2D eigenvalue weighted by molar-refractivity contribution is -0.116. The molecular weight excluding hydrogens is 312 g/mol. The van der Waals surface area contributed by atoms with Crippen molar-refractivity contribution < 1.29 is 9.21 Å². The number of oxazole rings is 1. The second-order valence-corrected chi connectivity index (χ2v) is 5.83. The molecule has 4 nitrogen and oxygen atoms in total. The molecule has 0 saturated carbocycles. The molecule has 1 heterocycles. The van der Waals surface area contributed by atoms with Crippen molar-refractivity contribution in [2.45, 2.75) is 26.2 Å². The zero-order valence-electron chi connectivity index (χ0n) is 12.8. The first-order chi connectivity index (χ1) is 11.1. The van der Waals surface area contributed by atoms with Crippen LogP contribution in [0.1, 0.15) is 31.2 Å². The van der Waals surface area contributed by atoms with E-state index in [1.165, 1.54) is 0 Å². The Labute approximate surface area is 139 Å². The molecule has 0 atom stereocenters. The van der Waals surface area contributed by atoms with Gasteiger partial charge in [-0.2, -0.15) is 0 Å². The minimum absolute atomic E-state index is 0.0109. The Bertz CT molecular complexity index is 825. The Morgan fingerprint density at radius 3 is 2.74 bits per heavy atom. The quantitative estimate of drug-likeness (QED) is 0.731. The van der Waals surface area contributed by atoms with Gasteiger partial charge in [0.05, 0.1) is 0 Å². The molecule has 0 fully saturated rings. The van der Waals surface area contributed by atoms with Gasteiger partial charge in [0, 0.05) is 23.6 Å². The van der Waals surface area contributed by atoms with Crippen LogP contribution in [0.3, 0.4) is 0 Å². The maximum Gasteiger partial charge on any atom is 0.224 e. The molecule has 0 radical (unpaired) electrons. The summed E-state index contributed by atoms with van der Waals surface area (Å²) in [5.41, 5.74) is 3.27. The smallest absolute Gasteiger partial charge is 0.224 e. The van der Waals surface area contributed by atoms with E-state index in [0.717, 1.165) is 23.2 Å². The highest BCUT2D eigenvalue weighted by molar-refractivity contribution is 6.30. The van der Waals surface area contributed by atoms with Crippen molar-refractivity contribution >= 4 is 34.3 Å². The van der Waals surface area contributed by atoms with E-state index < -0.39 is 0 Å². The largest absolute Gasteiger partial charge is 0.440 e. The minimum atomic E-state index is 0.0109. The Balaban J connectivity index is 1.78.